The summed E-state index contributed by atoms with van der Waals surface area (Å²) in [5.41, 5.74) is 2.36. The number of thiazole rings is 1. The summed E-state index contributed by atoms with van der Waals surface area (Å²) in [4.78, 5) is 15.8. The first kappa shape index (κ1) is 13.1. The summed E-state index contributed by atoms with van der Waals surface area (Å²) in [6.45, 7) is 5.82. The molecule has 1 aromatic carbocycles. The van der Waals surface area contributed by atoms with E-state index in [4.69, 9.17) is 9.84 Å². The Labute approximate surface area is 121 Å². The Bertz CT molecular complexity index is 703. The zero-order valence-corrected chi connectivity index (χ0v) is 12.4. The number of aryl methyl sites for hydroxylation is 1. The predicted molar refractivity (Wildman–Crippen MR) is 77.7 cm³/mol. The quantitative estimate of drug-likeness (QED) is 0.918. The minimum Gasteiger partial charge on any atom is -0.486 e. The lowest BCUT2D eigenvalue weighted by Gasteiger charge is -2.17. The number of aromatic carboxylic acids is 1. The molecule has 0 saturated heterocycles. The van der Waals surface area contributed by atoms with Crippen LogP contribution < -0.4 is 4.74 Å². The number of carbonyl (C=O) groups is 1. The van der Waals surface area contributed by atoms with E-state index in [0.717, 1.165) is 23.3 Å². The number of ether oxygens (including phenoxy) is 1. The van der Waals surface area contributed by atoms with Crippen LogP contribution in [0, 0.1) is 6.92 Å². The largest absolute Gasteiger partial charge is 0.486 e. The summed E-state index contributed by atoms with van der Waals surface area (Å²) in [6.07, 6.45) is 0.853. The molecule has 2 aromatic rings. The van der Waals surface area contributed by atoms with Crippen molar-refractivity contribution in [2.24, 2.45) is 0 Å². The minimum absolute atomic E-state index is 0.222. The van der Waals surface area contributed by atoms with Crippen molar-refractivity contribution in [3.05, 3.63) is 34.3 Å². The van der Waals surface area contributed by atoms with Crippen LogP contribution in [-0.4, -0.2) is 21.7 Å². The smallest absolute Gasteiger partial charge is 0.347 e. The number of carboxylic acids is 1. The third kappa shape index (κ3) is 2.08. The van der Waals surface area contributed by atoms with Crippen molar-refractivity contribution in [1.29, 1.82) is 0 Å². The average Bonchev–Trinajstić information content (AvgIpc) is 2.86. The van der Waals surface area contributed by atoms with Crippen LogP contribution in [0.5, 0.6) is 5.75 Å². The summed E-state index contributed by atoms with van der Waals surface area (Å²) in [6, 6.07) is 5.95. The number of hydrogen-bond donors (Lipinski definition) is 1. The molecule has 5 heteroatoms. The summed E-state index contributed by atoms with van der Waals surface area (Å²) in [5, 5.41) is 9.84. The fraction of sp³-hybridized carbons (Fsp3) is 0.333. The highest BCUT2D eigenvalue weighted by Crippen LogP contribution is 2.43. The lowest BCUT2D eigenvalue weighted by molar-refractivity contribution is 0.0701. The number of carboxylic acid groups (broad SMARTS) is 1. The van der Waals surface area contributed by atoms with Crippen molar-refractivity contribution in [3.8, 4) is 16.3 Å². The van der Waals surface area contributed by atoms with Gasteiger partial charge in [0, 0.05) is 6.42 Å². The SMILES string of the molecule is Cc1nc(-c2cccc3c2OC(C)(C)C3)sc1C(=O)O. The molecule has 0 spiro atoms. The van der Waals surface area contributed by atoms with Crippen LogP contribution in [0.3, 0.4) is 0 Å². The highest BCUT2D eigenvalue weighted by atomic mass is 32.1. The average molecular weight is 289 g/mol. The van der Waals surface area contributed by atoms with Crippen molar-refractivity contribution in [1.82, 2.24) is 4.98 Å². The number of aromatic nitrogens is 1. The van der Waals surface area contributed by atoms with Crippen LogP contribution in [0.25, 0.3) is 10.6 Å². The summed E-state index contributed by atoms with van der Waals surface area (Å²) >= 11 is 1.20. The molecule has 1 aliphatic heterocycles. The number of hydrogen-bond acceptors (Lipinski definition) is 4. The van der Waals surface area contributed by atoms with Crippen molar-refractivity contribution in [2.45, 2.75) is 32.8 Å². The van der Waals surface area contributed by atoms with Gasteiger partial charge in [0.15, 0.2) is 0 Å². The second-order valence-corrected chi connectivity index (χ2v) is 6.57. The van der Waals surface area contributed by atoms with E-state index in [-0.39, 0.29) is 10.5 Å². The van der Waals surface area contributed by atoms with Crippen molar-refractivity contribution in [2.75, 3.05) is 0 Å². The van der Waals surface area contributed by atoms with E-state index in [0.29, 0.717) is 10.7 Å². The maximum Gasteiger partial charge on any atom is 0.347 e. The number of para-hydroxylation sites is 1. The molecule has 0 saturated carbocycles. The van der Waals surface area contributed by atoms with Crippen molar-refractivity contribution >= 4 is 17.3 Å². The van der Waals surface area contributed by atoms with Crippen LogP contribution in [0.2, 0.25) is 0 Å². The molecule has 1 aliphatic rings. The van der Waals surface area contributed by atoms with Crippen molar-refractivity contribution in [3.63, 3.8) is 0 Å². The second kappa shape index (κ2) is 4.31. The van der Waals surface area contributed by atoms with E-state index >= 15 is 0 Å². The predicted octanol–water partition coefficient (Wildman–Crippen LogP) is 3.53. The molecule has 0 unspecified atom stereocenters. The zero-order chi connectivity index (χ0) is 14.5. The van der Waals surface area contributed by atoms with E-state index < -0.39 is 5.97 Å². The molecule has 0 amide bonds. The standard InChI is InChI=1S/C15H15NO3S/c1-8-12(14(17)18)20-13(16-8)10-6-4-5-9-7-15(2,3)19-11(9)10/h4-6H,7H2,1-3H3,(H,17,18). The third-order valence-corrected chi connectivity index (χ3v) is 4.49. The van der Waals surface area contributed by atoms with Gasteiger partial charge in [-0.15, -0.1) is 11.3 Å². The molecule has 0 atom stereocenters. The lowest BCUT2D eigenvalue weighted by Crippen LogP contribution is -2.24. The fourth-order valence-electron chi connectivity index (χ4n) is 2.49. The highest BCUT2D eigenvalue weighted by molar-refractivity contribution is 7.17. The topological polar surface area (TPSA) is 59.4 Å². The molecule has 1 aromatic heterocycles. The number of fused-ring (bicyclic) bond motifs is 1. The first-order valence-corrected chi connectivity index (χ1v) is 7.21. The van der Waals surface area contributed by atoms with Gasteiger partial charge in [0.1, 0.15) is 21.2 Å². The van der Waals surface area contributed by atoms with E-state index in [1.807, 2.05) is 32.0 Å². The molecule has 3 rings (SSSR count). The molecule has 0 bridgehead atoms. The fourth-order valence-corrected chi connectivity index (χ4v) is 3.42. The third-order valence-electron chi connectivity index (χ3n) is 3.31. The Morgan fingerprint density at radius 3 is 2.85 bits per heavy atom. The summed E-state index contributed by atoms with van der Waals surface area (Å²) < 4.78 is 6.01. The monoisotopic (exact) mass is 289 g/mol. The van der Waals surface area contributed by atoms with E-state index in [2.05, 4.69) is 4.98 Å². The zero-order valence-electron chi connectivity index (χ0n) is 11.6. The van der Waals surface area contributed by atoms with Crippen LogP contribution in [0.15, 0.2) is 18.2 Å². The van der Waals surface area contributed by atoms with Gasteiger partial charge in [0.2, 0.25) is 0 Å². The molecule has 0 aliphatic carbocycles. The normalized spacial score (nSPS) is 15.8. The van der Waals surface area contributed by atoms with Gasteiger partial charge in [0.05, 0.1) is 11.3 Å². The molecule has 4 nitrogen and oxygen atoms in total. The molecule has 0 fully saturated rings. The number of nitrogens with zero attached hydrogens (tertiary/aromatic N) is 1. The first-order valence-electron chi connectivity index (χ1n) is 6.39. The minimum atomic E-state index is -0.930. The number of benzene rings is 1. The lowest BCUT2D eigenvalue weighted by atomic mass is 10.0. The molecule has 20 heavy (non-hydrogen) atoms. The Morgan fingerprint density at radius 1 is 1.45 bits per heavy atom. The summed E-state index contributed by atoms with van der Waals surface area (Å²) in [7, 11) is 0. The van der Waals surface area contributed by atoms with Crippen LogP contribution in [0.1, 0.15) is 34.8 Å². The Balaban J connectivity index is 2.11. The Hall–Kier alpha value is -1.88. The van der Waals surface area contributed by atoms with Crippen LogP contribution >= 0.6 is 11.3 Å². The maximum atomic E-state index is 11.1. The molecule has 2 heterocycles. The Kier molecular flexibility index (Phi) is 2.83. The molecule has 0 radical (unpaired) electrons. The van der Waals surface area contributed by atoms with Gasteiger partial charge in [-0.1, -0.05) is 12.1 Å². The van der Waals surface area contributed by atoms with Crippen LogP contribution in [-0.2, 0) is 6.42 Å². The second-order valence-electron chi connectivity index (χ2n) is 5.57. The van der Waals surface area contributed by atoms with Crippen molar-refractivity contribution < 1.29 is 14.6 Å². The van der Waals surface area contributed by atoms with Gasteiger partial charge >= 0.3 is 5.97 Å². The maximum absolute atomic E-state index is 11.1. The molecule has 1 N–H and O–H groups in total. The van der Waals surface area contributed by atoms with E-state index in [9.17, 15) is 4.79 Å². The molecular formula is C15H15NO3S. The highest BCUT2D eigenvalue weighted by Gasteiger charge is 2.32. The summed E-state index contributed by atoms with van der Waals surface area (Å²) in [5.74, 6) is -0.0942. The molecule has 104 valence electrons. The van der Waals surface area contributed by atoms with E-state index in [1.165, 1.54) is 11.3 Å². The Morgan fingerprint density at radius 2 is 2.20 bits per heavy atom. The van der Waals surface area contributed by atoms with E-state index in [1.54, 1.807) is 6.92 Å². The van der Waals surface area contributed by atoms with Crippen LogP contribution in [0.4, 0.5) is 0 Å². The van der Waals surface area contributed by atoms with Gasteiger partial charge in [0.25, 0.3) is 0 Å². The van der Waals surface area contributed by atoms with Gasteiger partial charge in [-0.05, 0) is 32.4 Å². The molecular weight excluding hydrogens is 274 g/mol. The first-order chi connectivity index (χ1) is 9.37. The van der Waals surface area contributed by atoms with Gasteiger partial charge in [-0.2, -0.15) is 0 Å². The number of rotatable bonds is 2. The van der Waals surface area contributed by atoms with Gasteiger partial charge in [-0.3, -0.25) is 0 Å². The van der Waals surface area contributed by atoms with Gasteiger partial charge < -0.3 is 9.84 Å². The van der Waals surface area contributed by atoms with Gasteiger partial charge in [-0.25, -0.2) is 9.78 Å².